The van der Waals surface area contributed by atoms with E-state index in [1.54, 1.807) is 6.92 Å². The SMILES string of the molecule is CCOC(=O)CC(=O)C1(F)CCCN(C(=O)O)C1. The predicted molar refractivity (Wildman–Crippen MR) is 58.9 cm³/mol. The molecule has 1 saturated heterocycles. The van der Waals surface area contributed by atoms with Crippen LogP contribution in [0.1, 0.15) is 26.2 Å². The zero-order valence-corrected chi connectivity index (χ0v) is 10.1. The molecule has 1 aliphatic heterocycles. The Bertz CT molecular complexity index is 359. The highest BCUT2D eigenvalue weighted by atomic mass is 19.1. The molecule has 1 atom stereocenters. The van der Waals surface area contributed by atoms with E-state index in [-0.39, 0.29) is 26.0 Å². The van der Waals surface area contributed by atoms with Crippen LogP contribution >= 0.6 is 0 Å². The van der Waals surface area contributed by atoms with Crippen molar-refractivity contribution < 1.29 is 28.6 Å². The summed E-state index contributed by atoms with van der Waals surface area (Å²) in [6, 6.07) is 0. The summed E-state index contributed by atoms with van der Waals surface area (Å²) in [6.07, 6.45) is -1.72. The number of ether oxygens (including phenoxy) is 1. The third-order valence-electron chi connectivity index (χ3n) is 2.82. The minimum absolute atomic E-state index is 0.0605. The number of amides is 1. The largest absolute Gasteiger partial charge is 0.466 e. The van der Waals surface area contributed by atoms with Crippen LogP contribution in [0.3, 0.4) is 0 Å². The van der Waals surface area contributed by atoms with Crippen LogP contribution in [0, 0.1) is 0 Å². The van der Waals surface area contributed by atoms with Gasteiger partial charge in [-0.05, 0) is 19.8 Å². The van der Waals surface area contributed by atoms with E-state index >= 15 is 0 Å². The highest BCUT2D eigenvalue weighted by Gasteiger charge is 2.44. The number of piperidine rings is 1. The molecule has 0 aromatic rings. The minimum atomic E-state index is -2.27. The first-order chi connectivity index (χ1) is 8.39. The number of alkyl halides is 1. The minimum Gasteiger partial charge on any atom is -0.466 e. The van der Waals surface area contributed by atoms with Gasteiger partial charge in [-0.2, -0.15) is 0 Å². The fraction of sp³-hybridized carbons (Fsp3) is 0.727. The zero-order valence-electron chi connectivity index (χ0n) is 10.1. The Morgan fingerprint density at radius 1 is 1.44 bits per heavy atom. The molecule has 6 nitrogen and oxygen atoms in total. The number of ketones is 1. The highest BCUT2D eigenvalue weighted by molar-refractivity contribution is 6.00. The summed E-state index contributed by atoms with van der Waals surface area (Å²) in [6.45, 7) is 1.39. The first-order valence-electron chi connectivity index (χ1n) is 5.75. The number of Topliss-reactive ketones (excluding diaryl/α,β-unsaturated/α-hetero) is 1. The van der Waals surface area contributed by atoms with Gasteiger partial charge in [0, 0.05) is 6.54 Å². The first-order valence-corrected chi connectivity index (χ1v) is 5.75. The topological polar surface area (TPSA) is 83.9 Å². The number of likely N-dealkylation sites (tertiary alicyclic amines) is 1. The van der Waals surface area contributed by atoms with Crippen LogP contribution < -0.4 is 0 Å². The Kier molecular flexibility index (Phi) is 4.63. The van der Waals surface area contributed by atoms with E-state index in [0.29, 0.717) is 0 Å². The molecule has 0 radical (unpaired) electrons. The quantitative estimate of drug-likeness (QED) is 0.602. The molecule has 1 heterocycles. The highest BCUT2D eigenvalue weighted by Crippen LogP contribution is 2.27. The molecule has 0 bridgehead atoms. The van der Waals surface area contributed by atoms with Crippen molar-refractivity contribution in [3.05, 3.63) is 0 Å². The molecular weight excluding hydrogens is 245 g/mol. The Balaban J connectivity index is 2.64. The molecule has 1 unspecified atom stereocenters. The van der Waals surface area contributed by atoms with Crippen LogP contribution in [0.4, 0.5) is 9.18 Å². The number of nitrogens with zero attached hydrogens (tertiary/aromatic N) is 1. The molecule has 0 aliphatic carbocycles. The summed E-state index contributed by atoms with van der Waals surface area (Å²) in [5.41, 5.74) is -2.27. The molecule has 1 N–H and O–H groups in total. The summed E-state index contributed by atoms with van der Waals surface area (Å²) in [5.74, 6) is -1.70. The van der Waals surface area contributed by atoms with Gasteiger partial charge in [0.25, 0.3) is 0 Å². The maximum absolute atomic E-state index is 14.3. The van der Waals surface area contributed by atoms with Gasteiger partial charge >= 0.3 is 12.1 Å². The molecule has 0 aromatic carbocycles. The van der Waals surface area contributed by atoms with Crippen molar-refractivity contribution in [3.8, 4) is 0 Å². The molecule has 0 aromatic heterocycles. The number of esters is 1. The van der Waals surface area contributed by atoms with Crippen LogP contribution in [0.25, 0.3) is 0 Å². The van der Waals surface area contributed by atoms with Crippen LogP contribution in [0.15, 0.2) is 0 Å². The first kappa shape index (κ1) is 14.4. The van der Waals surface area contributed by atoms with Crippen molar-refractivity contribution in [2.24, 2.45) is 0 Å². The second-order valence-electron chi connectivity index (χ2n) is 4.18. The smallest absolute Gasteiger partial charge is 0.407 e. The number of halogens is 1. The van der Waals surface area contributed by atoms with Crippen molar-refractivity contribution in [1.82, 2.24) is 4.90 Å². The number of rotatable bonds is 4. The third-order valence-corrected chi connectivity index (χ3v) is 2.82. The summed E-state index contributed by atoms with van der Waals surface area (Å²) in [7, 11) is 0. The molecule has 1 aliphatic rings. The van der Waals surface area contributed by atoms with Gasteiger partial charge in [0.15, 0.2) is 11.5 Å². The molecular formula is C11H16FNO5. The normalized spacial score (nSPS) is 23.6. The van der Waals surface area contributed by atoms with E-state index in [2.05, 4.69) is 4.74 Å². The lowest BCUT2D eigenvalue weighted by Gasteiger charge is -2.34. The van der Waals surface area contributed by atoms with E-state index in [9.17, 15) is 18.8 Å². The molecule has 1 fully saturated rings. The van der Waals surface area contributed by atoms with E-state index in [4.69, 9.17) is 5.11 Å². The lowest BCUT2D eigenvalue weighted by molar-refractivity contribution is -0.149. The summed E-state index contributed by atoms with van der Waals surface area (Å²) >= 11 is 0. The van der Waals surface area contributed by atoms with Crippen molar-refractivity contribution in [2.45, 2.75) is 31.9 Å². The van der Waals surface area contributed by atoms with Crippen molar-refractivity contribution in [1.29, 1.82) is 0 Å². The molecule has 18 heavy (non-hydrogen) atoms. The van der Waals surface area contributed by atoms with Crippen LogP contribution in [-0.2, 0) is 14.3 Å². The second-order valence-corrected chi connectivity index (χ2v) is 4.18. The van der Waals surface area contributed by atoms with Crippen molar-refractivity contribution >= 4 is 17.8 Å². The lowest BCUT2D eigenvalue weighted by atomic mass is 9.89. The maximum Gasteiger partial charge on any atom is 0.407 e. The number of hydrogen-bond donors (Lipinski definition) is 1. The van der Waals surface area contributed by atoms with E-state index in [1.165, 1.54) is 0 Å². The Hall–Kier alpha value is -1.66. The maximum atomic E-state index is 14.3. The molecule has 7 heteroatoms. The Morgan fingerprint density at radius 3 is 2.67 bits per heavy atom. The third kappa shape index (κ3) is 3.41. The average Bonchev–Trinajstić information content (AvgIpc) is 2.29. The van der Waals surface area contributed by atoms with Gasteiger partial charge in [-0.25, -0.2) is 9.18 Å². The number of carbonyl (C=O) groups excluding carboxylic acids is 2. The van der Waals surface area contributed by atoms with E-state index in [1.807, 2.05) is 0 Å². The summed E-state index contributed by atoms with van der Waals surface area (Å²) in [5, 5.41) is 8.77. The van der Waals surface area contributed by atoms with Crippen LogP contribution in [-0.4, -0.2) is 53.2 Å². The molecule has 1 amide bonds. The molecule has 0 saturated carbocycles. The van der Waals surface area contributed by atoms with Gasteiger partial charge in [0.1, 0.15) is 6.42 Å². The van der Waals surface area contributed by atoms with Gasteiger partial charge in [-0.15, -0.1) is 0 Å². The summed E-state index contributed by atoms with van der Waals surface area (Å²) in [4.78, 5) is 34.4. The average molecular weight is 261 g/mol. The van der Waals surface area contributed by atoms with Crippen LogP contribution in [0.2, 0.25) is 0 Å². The van der Waals surface area contributed by atoms with Gasteiger partial charge in [0.05, 0.1) is 13.2 Å². The van der Waals surface area contributed by atoms with Gasteiger partial charge in [0.2, 0.25) is 0 Å². The monoisotopic (exact) mass is 261 g/mol. The molecule has 0 spiro atoms. The standard InChI is InChI=1S/C11H16FNO5/c1-2-18-9(15)6-8(14)11(12)4-3-5-13(7-11)10(16)17/h2-7H2,1H3,(H,16,17). The zero-order chi connectivity index (χ0) is 13.8. The fourth-order valence-electron chi connectivity index (χ4n) is 1.90. The van der Waals surface area contributed by atoms with E-state index < -0.39 is 36.5 Å². The van der Waals surface area contributed by atoms with Gasteiger partial charge < -0.3 is 14.7 Å². The Morgan fingerprint density at radius 2 is 2.11 bits per heavy atom. The van der Waals surface area contributed by atoms with Gasteiger partial charge in [-0.3, -0.25) is 9.59 Å². The van der Waals surface area contributed by atoms with Crippen LogP contribution in [0.5, 0.6) is 0 Å². The second kappa shape index (κ2) is 5.79. The van der Waals surface area contributed by atoms with Crippen molar-refractivity contribution in [3.63, 3.8) is 0 Å². The molecule has 102 valence electrons. The molecule has 1 rings (SSSR count). The fourth-order valence-corrected chi connectivity index (χ4v) is 1.90. The summed E-state index contributed by atoms with van der Waals surface area (Å²) < 4.78 is 18.9. The lowest BCUT2D eigenvalue weighted by Crippen LogP contribution is -2.52. The van der Waals surface area contributed by atoms with E-state index in [0.717, 1.165) is 4.90 Å². The van der Waals surface area contributed by atoms with Crippen molar-refractivity contribution in [2.75, 3.05) is 19.7 Å². The Labute approximate surface area is 104 Å². The number of carbonyl (C=O) groups is 3. The predicted octanol–water partition coefficient (Wildman–Crippen LogP) is 0.991. The number of carboxylic acid groups (broad SMARTS) is 1. The number of hydrogen-bond acceptors (Lipinski definition) is 4. The van der Waals surface area contributed by atoms with Gasteiger partial charge in [-0.1, -0.05) is 0 Å².